The van der Waals surface area contributed by atoms with E-state index in [9.17, 15) is 0 Å². The summed E-state index contributed by atoms with van der Waals surface area (Å²) in [6.07, 6.45) is -0.0695. The van der Waals surface area contributed by atoms with Gasteiger partial charge in [0.05, 0.1) is 0 Å². The minimum absolute atomic E-state index is 0.0695. The molecule has 11 heavy (non-hydrogen) atoms. The van der Waals surface area contributed by atoms with E-state index in [0.717, 1.165) is 5.57 Å². The van der Waals surface area contributed by atoms with Gasteiger partial charge in [-0.15, -0.1) is 10.2 Å². The fraction of sp³-hybridized carbons (Fsp3) is 0.750. The summed E-state index contributed by atoms with van der Waals surface area (Å²) in [5.41, 5.74) is 1.08. The summed E-state index contributed by atoms with van der Waals surface area (Å²) in [5, 5.41) is 7.90. The molecule has 1 heterocycles. The van der Waals surface area contributed by atoms with Crippen molar-refractivity contribution in [1.82, 2.24) is 0 Å². The molecule has 0 aromatic heterocycles. The molecule has 0 spiro atoms. The van der Waals surface area contributed by atoms with E-state index in [1.54, 1.807) is 0 Å². The molecule has 0 saturated heterocycles. The van der Waals surface area contributed by atoms with Gasteiger partial charge in [-0.3, -0.25) is 0 Å². The Morgan fingerprint density at radius 1 is 1.45 bits per heavy atom. The summed E-state index contributed by atoms with van der Waals surface area (Å²) in [4.78, 5) is 0. The quantitative estimate of drug-likeness (QED) is 0.571. The zero-order chi connectivity index (χ0) is 8.43. The van der Waals surface area contributed by atoms with Gasteiger partial charge in [-0.1, -0.05) is 13.8 Å². The molecular weight excluding hydrogens is 140 g/mol. The first-order valence-electron chi connectivity index (χ1n) is 3.86. The van der Waals surface area contributed by atoms with Gasteiger partial charge < -0.3 is 4.74 Å². The number of hydrogen-bond donors (Lipinski definition) is 0. The molecule has 1 aliphatic rings. The van der Waals surface area contributed by atoms with Crippen molar-refractivity contribution in [2.24, 2.45) is 16.1 Å². The number of nitrogens with zero attached hydrogens (tertiary/aromatic N) is 2. The smallest absolute Gasteiger partial charge is 0.233 e. The molecule has 3 nitrogen and oxygen atoms in total. The van der Waals surface area contributed by atoms with Crippen LogP contribution in [0.25, 0.3) is 0 Å². The van der Waals surface area contributed by atoms with Crippen LogP contribution in [0.1, 0.15) is 27.7 Å². The van der Waals surface area contributed by atoms with Crippen molar-refractivity contribution in [1.29, 1.82) is 0 Å². The Labute approximate surface area is 67.2 Å². The van der Waals surface area contributed by atoms with E-state index in [1.807, 2.05) is 13.8 Å². The molecule has 0 radical (unpaired) electrons. The maximum absolute atomic E-state index is 5.43. The Bertz CT molecular complexity index is 202. The Morgan fingerprint density at radius 2 is 2.09 bits per heavy atom. The van der Waals surface area contributed by atoms with Gasteiger partial charge in [0.15, 0.2) is 0 Å². The van der Waals surface area contributed by atoms with Crippen LogP contribution in [0.4, 0.5) is 0 Å². The average molecular weight is 154 g/mol. The average Bonchev–Trinajstić information content (AvgIpc) is 2.33. The van der Waals surface area contributed by atoms with Gasteiger partial charge in [0.1, 0.15) is 0 Å². The molecule has 1 atom stereocenters. The first kappa shape index (κ1) is 8.24. The van der Waals surface area contributed by atoms with Gasteiger partial charge in [-0.05, 0) is 19.4 Å². The molecule has 0 N–H and O–H groups in total. The van der Waals surface area contributed by atoms with Crippen LogP contribution in [0.5, 0.6) is 0 Å². The van der Waals surface area contributed by atoms with Crippen molar-refractivity contribution in [3.05, 3.63) is 11.5 Å². The Hall–Kier alpha value is -0.860. The molecule has 0 saturated carbocycles. The van der Waals surface area contributed by atoms with Crippen molar-refractivity contribution in [3.63, 3.8) is 0 Å². The summed E-state index contributed by atoms with van der Waals surface area (Å²) >= 11 is 0. The lowest BCUT2D eigenvalue weighted by Gasteiger charge is -2.09. The molecule has 3 heteroatoms. The molecule has 0 amide bonds. The lowest BCUT2D eigenvalue weighted by Crippen LogP contribution is -2.11. The van der Waals surface area contributed by atoms with E-state index in [4.69, 9.17) is 4.74 Å². The van der Waals surface area contributed by atoms with Crippen LogP contribution in [0.15, 0.2) is 21.7 Å². The number of azo groups is 1. The molecule has 0 aliphatic carbocycles. The third-order valence-corrected chi connectivity index (χ3v) is 1.49. The molecule has 1 rings (SSSR count). The topological polar surface area (TPSA) is 34.0 Å². The molecule has 0 aromatic rings. The zero-order valence-corrected chi connectivity index (χ0v) is 7.46. The highest BCUT2D eigenvalue weighted by atomic mass is 16.5. The van der Waals surface area contributed by atoms with E-state index in [1.165, 1.54) is 0 Å². The van der Waals surface area contributed by atoms with Crippen LogP contribution in [-0.2, 0) is 4.74 Å². The van der Waals surface area contributed by atoms with Gasteiger partial charge in [0.25, 0.3) is 0 Å². The third kappa shape index (κ3) is 1.79. The molecule has 0 bridgehead atoms. The van der Waals surface area contributed by atoms with Gasteiger partial charge in [0, 0.05) is 5.92 Å². The van der Waals surface area contributed by atoms with Crippen molar-refractivity contribution >= 4 is 0 Å². The second kappa shape index (κ2) is 3.03. The number of rotatable bonds is 1. The van der Waals surface area contributed by atoms with Crippen molar-refractivity contribution in [3.8, 4) is 0 Å². The second-order valence-electron chi connectivity index (χ2n) is 3.27. The molecule has 62 valence electrons. The zero-order valence-electron chi connectivity index (χ0n) is 7.46. The lowest BCUT2D eigenvalue weighted by molar-refractivity contribution is 0.109. The van der Waals surface area contributed by atoms with E-state index >= 15 is 0 Å². The van der Waals surface area contributed by atoms with Gasteiger partial charge in [-0.25, -0.2) is 0 Å². The van der Waals surface area contributed by atoms with E-state index in [2.05, 4.69) is 24.1 Å². The lowest BCUT2D eigenvalue weighted by atomic mass is 10.2. The van der Waals surface area contributed by atoms with Crippen LogP contribution in [0.2, 0.25) is 0 Å². The highest BCUT2D eigenvalue weighted by Crippen LogP contribution is 2.23. The van der Waals surface area contributed by atoms with Crippen LogP contribution >= 0.6 is 0 Å². The number of ether oxygens (including phenoxy) is 1. The standard InChI is InChI=1S/C8H14N2O/c1-5(2)7-9-10-8(11-7)6(3)4/h5,7H,1-4H3. The Morgan fingerprint density at radius 3 is 2.36 bits per heavy atom. The maximum Gasteiger partial charge on any atom is 0.233 e. The summed E-state index contributed by atoms with van der Waals surface area (Å²) in [7, 11) is 0. The number of hydrogen-bond acceptors (Lipinski definition) is 3. The highest BCUT2D eigenvalue weighted by molar-refractivity contribution is 5.02. The first-order chi connectivity index (χ1) is 5.11. The third-order valence-electron chi connectivity index (χ3n) is 1.49. The van der Waals surface area contributed by atoms with E-state index in [0.29, 0.717) is 11.8 Å². The van der Waals surface area contributed by atoms with Gasteiger partial charge >= 0.3 is 0 Å². The SMILES string of the molecule is CC(C)=C1N=NC(C(C)C)O1. The van der Waals surface area contributed by atoms with Crippen LogP contribution in [0.3, 0.4) is 0 Å². The molecule has 1 aliphatic heterocycles. The predicted molar refractivity (Wildman–Crippen MR) is 42.9 cm³/mol. The maximum atomic E-state index is 5.43. The monoisotopic (exact) mass is 154 g/mol. The fourth-order valence-electron chi connectivity index (χ4n) is 0.758. The van der Waals surface area contributed by atoms with E-state index in [-0.39, 0.29) is 6.23 Å². The second-order valence-corrected chi connectivity index (χ2v) is 3.27. The summed E-state index contributed by atoms with van der Waals surface area (Å²) in [5.74, 6) is 1.08. The summed E-state index contributed by atoms with van der Waals surface area (Å²) in [6.45, 7) is 8.07. The molecule has 0 aromatic carbocycles. The molecular formula is C8H14N2O. The summed E-state index contributed by atoms with van der Waals surface area (Å²) in [6, 6.07) is 0. The fourth-order valence-corrected chi connectivity index (χ4v) is 0.758. The molecule has 0 fully saturated rings. The van der Waals surface area contributed by atoms with Gasteiger partial charge in [-0.2, -0.15) is 0 Å². The van der Waals surface area contributed by atoms with Crippen LogP contribution in [-0.4, -0.2) is 6.23 Å². The van der Waals surface area contributed by atoms with Crippen molar-refractivity contribution in [2.75, 3.05) is 0 Å². The predicted octanol–water partition coefficient (Wildman–Crippen LogP) is 2.70. The number of allylic oxidation sites excluding steroid dienone is 1. The minimum Gasteiger partial charge on any atom is -0.449 e. The van der Waals surface area contributed by atoms with Gasteiger partial charge in [0.2, 0.25) is 12.1 Å². The Balaban J connectivity index is 2.64. The minimum atomic E-state index is -0.0695. The van der Waals surface area contributed by atoms with Crippen molar-refractivity contribution in [2.45, 2.75) is 33.9 Å². The molecule has 1 unspecified atom stereocenters. The first-order valence-corrected chi connectivity index (χ1v) is 3.86. The van der Waals surface area contributed by atoms with Crippen molar-refractivity contribution < 1.29 is 4.74 Å². The largest absolute Gasteiger partial charge is 0.449 e. The normalized spacial score (nSPS) is 22.6. The Kier molecular flexibility index (Phi) is 2.27. The van der Waals surface area contributed by atoms with Crippen LogP contribution < -0.4 is 0 Å². The highest BCUT2D eigenvalue weighted by Gasteiger charge is 2.21. The summed E-state index contributed by atoms with van der Waals surface area (Å²) < 4.78 is 5.43. The van der Waals surface area contributed by atoms with Crippen LogP contribution in [0, 0.1) is 5.92 Å². The van der Waals surface area contributed by atoms with E-state index < -0.39 is 0 Å².